The molecule has 0 bridgehead atoms. The third kappa shape index (κ3) is 4.09. The zero-order valence-electron chi connectivity index (χ0n) is 12.1. The Labute approximate surface area is 109 Å². The van der Waals surface area contributed by atoms with Gasteiger partial charge in [-0.05, 0) is 20.8 Å². The maximum Gasteiger partial charge on any atom is 0.412 e. The van der Waals surface area contributed by atoms with Crippen LogP contribution in [0, 0.1) is 0 Å². The largest absolute Gasteiger partial charge is 0.464 e. The van der Waals surface area contributed by atoms with E-state index in [4.69, 9.17) is 9.15 Å². The summed E-state index contributed by atoms with van der Waals surface area (Å²) in [5, 5.41) is 2.75. The second-order valence-corrected chi connectivity index (χ2v) is 5.63. The van der Waals surface area contributed by atoms with E-state index in [9.17, 15) is 4.79 Å². The van der Waals surface area contributed by atoms with E-state index in [0.29, 0.717) is 5.69 Å². The summed E-state index contributed by atoms with van der Waals surface area (Å²) in [7, 11) is 0. The van der Waals surface area contributed by atoms with Crippen molar-refractivity contribution in [2.24, 2.45) is 0 Å². The molecule has 1 aromatic rings. The lowest BCUT2D eigenvalue weighted by Crippen LogP contribution is -2.27. The van der Waals surface area contributed by atoms with E-state index in [1.807, 2.05) is 47.6 Å². The highest BCUT2D eigenvalue weighted by atomic mass is 16.6. The smallest absolute Gasteiger partial charge is 0.412 e. The van der Waals surface area contributed by atoms with Crippen molar-refractivity contribution in [1.29, 1.82) is 0 Å². The Bertz CT molecular complexity index is 413. The minimum Gasteiger partial charge on any atom is -0.464 e. The quantitative estimate of drug-likeness (QED) is 0.873. The van der Waals surface area contributed by atoms with Gasteiger partial charge in [-0.1, -0.05) is 20.8 Å². The third-order valence-electron chi connectivity index (χ3n) is 2.32. The van der Waals surface area contributed by atoms with E-state index in [0.717, 1.165) is 17.9 Å². The second-order valence-electron chi connectivity index (χ2n) is 5.63. The maximum absolute atomic E-state index is 11.7. The van der Waals surface area contributed by atoms with Crippen LogP contribution in [-0.2, 0) is 11.2 Å². The lowest BCUT2D eigenvalue weighted by molar-refractivity contribution is 0.0635. The number of ether oxygens (including phenoxy) is 1. The molecule has 0 aliphatic rings. The predicted molar refractivity (Wildman–Crippen MR) is 72.0 cm³/mol. The van der Waals surface area contributed by atoms with Gasteiger partial charge in [-0.25, -0.2) is 4.79 Å². The molecule has 4 nitrogen and oxygen atoms in total. The molecule has 0 saturated heterocycles. The van der Waals surface area contributed by atoms with E-state index in [1.165, 1.54) is 0 Å². The number of furan rings is 1. The molecule has 18 heavy (non-hydrogen) atoms. The molecule has 1 aromatic heterocycles. The molecule has 0 aliphatic heterocycles. The van der Waals surface area contributed by atoms with Crippen LogP contribution in [0.1, 0.15) is 59.0 Å². The molecule has 1 N–H and O–H groups in total. The fourth-order valence-electron chi connectivity index (χ4n) is 1.57. The Balaban J connectivity index is 2.83. The van der Waals surface area contributed by atoms with Gasteiger partial charge in [-0.3, -0.25) is 5.32 Å². The van der Waals surface area contributed by atoms with Gasteiger partial charge in [0, 0.05) is 18.4 Å². The number of carbonyl (C=O) groups excluding carboxylic acids is 1. The molecule has 0 spiro atoms. The number of anilines is 1. The number of rotatable bonds is 3. The van der Waals surface area contributed by atoms with Gasteiger partial charge in [-0.2, -0.15) is 0 Å². The lowest BCUT2D eigenvalue weighted by atomic mass is 10.1. The van der Waals surface area contributed by atoms with Gasteiger partial charge in [0.25, 0.3) is 0 Å². The van der Waals surface area contributed by atoms with Gasteiger partial charge in [0.2, 0.25) is 0 Å². The van der Waals surface area contributed by atoms with Gasteiger partial charge in [0.05, 0.1) is 5.69 Å². The molecule has 0 aliphatic carbocycles. The SMILES string of the molecule is CCc1cc(NC(=O)OC(C)(C)C)c(C(C)C)o1. The van der Waals surface area contributed by atoms with Gasteiger partial charge < -0.3 is 9.15 Å². The van der Waals surface area contributed by atoms with Crippen molar-refractivity contribution in [3.63, 3.8) is 0 Å². The van der Waals surface area contributed by atoms with E-state index in [2.05, 4.69) is 5.32 Å². The Hall–Kier alpha value is -1.45. The molecule has 0 aromatic carbocycles. The summed E-state index contributed by atoms with van der Waals surface area (Å²) in [6, 6.07) is 1.86. The van der Waals surface area contributed by atoms with Gasteiger partial charge in [-0.15, -0.1) is 0 Å². The highest BCUT2D eigenvalue weighted by Gasteiger charge is 2.20. The van der Waals surface area contributed by atoms with E-state index in [1.54, 1.807) is 0 Å². The first kappa shape index (κ1) is 14.6. The minimum absolute atomic E-state index is 0.218. The molecule has 1 rings (SSSR count). The maximum atomic E-state index is 11.7. The zero-order chi connectivity index (χ0) is 13.9. The number of amides is 1. The molecule has 0 atom stereocenters. The van der Waals surface area contributed by atoms with Crippen molar-refractivity contribution in [1.82, 2.24) is 0 Å². The number of carbonyl (C=O) groups is 1. The van der Waals surface area contributed by atoms with Crippen LogP contribution in [0.2, 0.25) is 0 Å². The first-order valence-corrected chi connectivity index (χ1v) is 6.35. The van der Waals surface area contributed by atoms with Gasteiger partial charge >= 0.3 is 6.09 Å². The summed E-state index contributed by atoms with van der Waals surface area (Å²) < 4.78 is 10.9. The lowest BCUT2D eigenvalue weighted by Gasteiger charge is -2.19. The van der Waals surface area contributed by atoms with E-state index < -0.39 is 11.7 Å². The molecule has 1 amide bonds. The summed E-state index contributed by atoms with van der Waals surface area (Å²) in [5.41, 5.74) is 0.204. The normalized spacial score (nSPS) is 11.7. The molecular formula is C14H23NO3. The number of aryl methyl sites for hydroxylation is 1. The fraction of sp³-hybridized carbons (Fsp3) is 0.643. The molecule has 0 unspecified atom stereocenters. The van der Waals surface area contributed by atoms with Crippen LogP contribution in [0.25, 0.3) is 0 Å². The minimum atomic E-state index is -0.501. The third-order valence-corrected chi connectivity index (χ3v) is 2.32. The summed E-state index contributed by atoms with van der Waals surface area (Å²) >= 11 is 0. The molecule has 102 valence electrons. The number of nitrogens with one attached hydrogen (secondary N) is 1. The monoisotopic (exact) mass is 253 g/mol. The molecule has 0 fully saturated rings. The fourth-order valence-corrected chi connectivity index (χ4v) is 1.57. The van der Waals surface area contributed by atoms with Crippen LogP contribution in [0.4, 0.5) is 10.5 Å². The molecule has 4 heteroatoms. The number of hydrogen-bond donors (Lipinski definition) is 1. The van der Waals surface area contributed by atoms with Crippen molar-refractivity contribution in [2.75, 3.05) is 5.32 Å². The van der Waals surface area contributed by atoms with Crippen LogP contribution < -0.4 is 5.32 Å². The first-order valence-electron chi connectivity index (χ1n) is 6.35. The average molecular weight is 253 g/mol. The van der Waals surface area contributed by atoms with Crippen molar-refractivity contribution in [2.45, 2.75) is 59.5 Å². The van der Waals surface area contributed by atoms with Crippen LogP contribution in [0.15, 0.2) is 10.5 Å². The van der Waals surface area contributed by atoms with Crippen LogP contribution >= 0.6 is 0 Å². The topological polar surface area (TPSA) is 51.5 Å². The van der Waals surface area contributed by atoms with Crippen LogP contribution in [0.5, 0.6) is 0 Å². The molecular weight excluding hydrogens is 230 g/mol. The van der Waals surface area contributed by atoms with Crippen molar-refractivity contribution in [3.05, 3.63) is 17.6 Å². The summed E-state index contributed by atoms with van der Waals surface area (Å²) in [5.74, 6) is 1.87. The standard InChI is InChI=1S/C14H23NO3/c1-7-10-8-11(12(17-10)9(2)3)15-13(16)18-14(4,5)6/h8-9H,7H2,1-6H3,(H,15,16). The molecule has 0 radical (unpaired) electrons. The molecule has 0 saturated carbocycles. The van der Waals surface area contributed by atoms with Gasteiger partial charge in [0.15, 0.2) is 0 Å². The van der Waals surface area contributed by atoms with Gasteiger partial charge in [0.1, 0.15) is 17.1 Å². The summed E-state index contributed by atoms with van der Waals surface area (Å²) in [4.78, 5) is 11.7. The Kier molecular flexibility index (Phi) is 4.43. The number of hydrogen-bond acceptors (Lipinski definition) is 3. The zero-order valence-corrected chi connectivity index (χ0v) is 12.1. The summed E-state index contributed by atoms with van der Waals surface area (Å²) in [6.07, 6.45) is 0.350. The Morgan fingerprint density at radius 3 is 2.50 bits per heavy atom. The van der Waals surface area contributed by atoms with Crippen molar-refractivity contribution >= 4 is 11.8 Å². The first-order chi connectivity index (χ1) is 8.23. The average Bonchev–Trinajstić information content (AvgIpc) is 2.57. The Morgan fingerprint density at radius 2 is 2.06 bits per heavy atom. The van der Waals surface area contributed by atoms with Crippen molar-refractivity contribution in [3.8, 4) is 0 Å². The van der Waals surface area contributed by atoms with E-state index >= 15 is 0 Å². The molecule has 1 heterocycles. The van der Waals surface area contributed by atoms with Crippen LogP contribution in [0.3, 0.4) is 0 Å². The van der Waals surface area contributed by atoms with Crippen LogP contribution in [-0.4, -0.2) is 11.7 Å². The van der Waals surface area contributed by atoms with Crippen molar-refractivity contribution < 1.29 is 13.9 Å². The van der Waals surface area contributed by atoms with E-state index in [-0.39, 0.29) is 5.92 Å². The summed E-state index contributed by atoms with van der Waals surface area (Å²) in [6.45, 7) is 11.6. The predicted octanol–water partition coefficient (Wildman–Crippen LogP) is 4.31. The second kappa shape index (κ2) is 5.46. The Morgan fingerprint density at radius 1 is 1.44 bits per heavy atom. The highest BCUT2D eigenvalue weighted by Crippen LogP contribution is 2.28. The highest BCUT2D eigenvalue weighted by molar-refractivity contribution is 5.85.